The number of hydrogen-bond donors (Lipinski definition) is 0. The first-order valence-electron chi connectivity index (χ1n) is 9.29. The minimum absolute atomic E-state index is 0.137. The highest BCUT2D eigenvalue weighted by Crippen LogP contribution is 2.32. The zero-order valence-corrected chi connectivity index (χ0v) is 15.3. The van der Waals surface area contributed by atoms with Crippen LogP contribution in [-0.2, 0) is 19.1 Å². The van der Waals surface area contributed by atoms with Gasteiger partial charge in [0.25, 0.3) is 0 Å². The van der Waals surface area contributed by atoms with Gasteiger partial charge >= 0.3 is 11.9 Å². The first kappa shape index (κ1) is 20.0. The standard InChI is InChI=1S/C19H34O4/c1-14(2)10-6-5-9-13-22-18(20)16-11-7-8-12-17(16)19(21)23-15(3)4/h14-17H,5-13H2,1-4H3. The van der Waals surface area contributed by atoms with E-state index in [4.69, 9.17) is 9.47 Å². The average Bonchev–Trinajstić information content (AvgIpc) is 2.49. The van der Waals surface area contributed by atoms with Crippen LogP contribution >= 0.6 is 0 Å². The molecule has 0 bridgehead atoms. The topological polar surface area (TPSA) is 52.6 Å². The maximum absolute atomic E-state index is 12.3. The van der Waals surface area contributed by atoms with Gasteiger partial charge in [-0.1, -0.05) is 46.0 Å². The molecule has 0 aromatic heterocycles. The van der Waals surface area contributed by atoms with E-state index in [2.05, 4.69) is 13.8 Å². The van der Waals surface area contributed by atoms with Gasteiger partial charge in [-0.3, -0.25) is 9.59 Å². The van der Waals surface area contributed by atoms with Crippen LogP contribution in [0.4, 0.5) is 0 Å². The molecule has 2 unspecified atom stereocenters. The summed E-state index contributed by atoms with van der Waals surface area (Å²) in [5, 5.41) is 0. The molecule has 134 valence electrons. The van der Waals surface area contributed by atoms with Crippen LogP contribution in [0, 0.1) is 17.8 Å². The molecule has 1 saturated carbocycles. The van der Waals surface area contributed by atoms with Crippen LogP contribution in [0.25, 0.3) is 0 Å². The van der Waals surface area contributed by atoms with Crippen molar-refractivity contribution >= 4 is 11.9 Å². The summed E-state index contributed by atoms with van der Waals surface area (Å²) in [5.74, 6) is -0.351. The molecule has 1 aliphatic rings. The van der Waals surface area contributed by atoms with Crippen molar-refractivity contribution in [1.29, 1.82) is 0 Å². The Hall–Kier alpha value is -1.06. The van der Waals surface area contributed by atoms with Crippen LogP contribution in [0.15, 0.2) is 0 Å². The maximum Gasteiger partial charge on any atom is 0.310 e. The summed E-state index contributed by atoms with van der Waals surface area (Å²) in [6, 6.07) is 0. The van der Waals surface area contributed by atoms with Crippen molar-refractivity contribution in [3.8, 4) is 0 Å². The maximum atomic E-state index is 12.3. The van der Waals surface area contributed by atoms with Gasteiger partial charge in [-0.15, -0.1) is 0 Å². The van der Waals surface area contributed by atoms with Crippen LogP contribution in [0.1, 0.15) is 79.1 Å². The first-order valence-corrected chi connectivity index (χ1v) is 9.29. The van der Waals surface area contributed by atoms with E-state index in [-0.39, 0.29) is 29.9 Å². The fourth-order valence-corrected chi connectivity index (χ4v) is 3.13. The van der Waals surface area contributed by atoms with Gasteiger partial charge in [-0.05, 0) is 39.0 Å². The highest BCUT2D eigenvalue weighted by molar-refractivity contribution is 5.82. The van der Waals surface area contributed by atoms with Gasteiger partial charge in [0.2, 0.25) is 0 Å². The minimum atomic E-state index is -0.320. The van der Waals surface area contributed by atoms with Crippen LogP contribution in [0.2, 0.25) is 0 Å². The van der Waals surface area contributed by atoms with Crippen molar-refractivity contribution in [2.45, 2.75) is 85.2 Å². The van der Waals surface area contributed by atoms with Crippen molar-refractivity contribution in [3.05, 3.63) is 0 Å². The molecule has 0 aromatic carbocycles. The van der Waals surface area contributed by atoms with Crippen molar-refractivity contribution < 1.29 is 19.1 Å². The summed E-state index contributed by atoms with van der Waals surface area (Å²) >= 11 is 0. The average molecular weight is 326 g/mol. The monoisotopic (exact) mass is 326 g/mol. The molecule has 23 heavy (non-hydrogen) atoms. The molecule has 0 aliphatic heterocycles. The van der Waals surface area contributed by atoms with Gasteiger partial charge in [0.1, 0.15) is 0 Å². The number of hydrogen-bond acceptors (Lipinski definition) is 4. The van der Waals surface area contributed by atoms with Crippen molar-refractivity contribution in [2.75, 3.05) is 6.61 Å². The van der Waals surface area contributed by atoms with Crippen molar-refractivity contribution in [1.82, 2.24) is 0 Å². The lowest BCUT2D eigenvalue weighted by atomic mass is 9.79. The molecule has 0 amide bonds. The van der Waals surface area contributed by atoms with Crippen LogP contribution in [-0.4, -0.2) is 24.6 Å². The second kappa shape index (κ2) is 10.7. The molecule has 1 fully saturated rings. The van der Waals surface area contributed by atoms with E-state index in [1.54, 1.807) is 0 Å². The highest BCUT2D eigenvalue weighted by Gasteiger charge is 2.38. The van der Waals surface area contributed by atoms with E-state index in [1.807, 2.05) is 13.8 Å². The predicted molar refractivity (Wildman–Crippen MR) is 90.9 cm³/mol. The largest absolute Gasteiger partial charge is 0.465 e. The van der Waals surface area contributed by atoms with Crippen LogP contribution in [0.5, 0.6) is 0 Å². The summed E-state index contributed by atoms with van der Waals surface area (Å²) < 4.78 is 10.7. The van der Waals surface area contributed by atoms with Crippen LogP contribution in [0.3, 0.4) is 0 Å². The number of carbonyl (C=O) groups is 2. The van der Waals surface area contributed by atoms with E-state index in [0.29, 0.717) is 6.61 Å². The van der Waals surface area contributed by atoms with E-state index < -0.39 is 0 Å². The molecule has 0 spiro atoms. The Balaban J connectivity index is 2.35. The molecule has 0 aromatic rings. The minimum Gasteiger partial charge on any atom is -0.465 e. The van der Waals surface area contributed by atoms with Crippen molar-refractivity contribution in [3.63, 3.8) is 0 Å². The third kappa shape index (κ3) is 7.85. The Morgan fingerprint density at radius 2 is 1.52 bits per heavy atom. The molecular formula is C19H34O4. The molecule has 1 rings (SSSR count). The van der Waals surface area contributed by atoms with Gasteiger partial charge in [0.15, 0.2) is 0 Å². The normalized spacial score (nSPS) is 21.5. The molecule has 0 N–H and O–H groups in total. The smallest absolute Gasteiger partial charge is 0.310 e. The molecule has 4 nitrogen and oxygen atoms in total. The number of unbranched alkanes of at least 4 members (excludes halogenated alkanes) is 2. The van der Waals surface area contributed by atoms with Crippen LogP contribution < -0.4 is 0 Å². The highest BCUT2D eigenvalue weighted by atomic mass is 16.5. The number of rotatable bonds is 9. The lowest BCUT2D eigenvalue weighted by Crippen LogP contribution is -2.36. The zero-order valence-electron chi connectivity index (χ0n) is 15.3. The van der Waals surface area contributed by atoms with Gasteiger partial charge < -0.3 is 9.47 Å². The molecule has 0 saturated heterocycles. The number of ether oxygens (including phenoxy) is 2. The number of esters is 2. The summed E-state index contributed by atoms with van der Waals surface area (Å²) in [6.07, 6.45) is 7.71. The van der Waals surface area contributed by atoms with E-state index >= 15 is 0 Å². The number of carbonyl (C=O) groups excluding carboxylic acids is 2. The van der Waals surface area contributed by atoms with Gasteiger partial charge in [-0.25, -0.2) is 0 Å². The Morgan fingerprint density at radius 3 is 2.09 bits per heavy atom. The summed E-state index contributed by atoms with van der Waals surface area (Å²) in [5.41, 5.74) is 0. The lowest BCUT2D eigenvalue weighted by molar-refractivity contribution is -0.165. The fourth-order valence-electron chi connectivity index (χ4n) is 3.13. The second-order valence-corrected chi connectivity index (χ2v) is 7.39. The summed E-state index contributed by atoms with van der Waals surface area (Å²) in [7, 11) is 0. The van der Waals surface area contributed by atoms with E-state index in [9.17, 15) is 9.59 Å². The van der Waals surface area contributed by atoms with Gasteiger partial charge in [0, 0.05) is 0 Å². The molecule has 2 atom stereocenters. The Labute approximate surface area is 141 Å². The van der Waals surface area contributed by atoms with Gasteiger partial charge in [0.05, 0.1) is 24.5 Å². The first-order chi connectivity index (χ1) is 10.9. The summed E-state index contributed by atoms with van der Waals surface area (Å²) in [4.78, 5) is 24.5. The third-order valence-electron chi connectivity index (χ3n) is 4.39. The van der Waals surface area contributed by atoms with Gasteiger partial charge in [-0.2, -0.15) is 0 Å². The Bertz CT molecular complexity index is 362. The Morgan fingerprint density at radius 1 is 0.913 bits per heavy atom. The van der Waals surface area contributed by atoms with E-state index in [0.717, 1.165) is 44.4 Å². The molecule has 1 aliphatic carbocycles. The quantitative estimate of drug-likeness (QED) is 0.462. The summed E-state index contributed by atoms with van der Waals surface area (Å²) in [6.45, 7) is 8.59. The third-order valence-corrected chi connectivity index (χ3v) is 4.39. The second-order valence-electron chi connectivity index (χ2n) is 7.39. The molecule has 4 heteroatoms. The Kier molecular flexibility index (Phi) is 9.27. The SMILES string of the molecule is CC(C)CCCCCOC(=O)C1CCCCC1C(=O)OC(C)C. The molecule has 0 heterocycles. The molecular weight excluding hydrogens is 292 g/mol. The van der Waals surface area contributed by atoms with Crippen molar-refractivity contribution in [2.24, 2.45) is 17.8 Å². The lowest BCUT2D eigenvalue weighted by Gasteiger charge is -2.28. The fraction of sp³-hybridized carbons (Fsp3) is 0.895. The molecule has 0 radical (unpaired) electrons. The zero-order chi connectivity index (χ0) is 17.2. The predicted octanol–water partition coefficient (Wildman–Crippen LogP) is 4.50. The van der Waals surface area contributed by atoms with E-state index in [1.165, 1.54) is 12.8 Å².